The van der Waals surface area contributed by atoms with E-state index < -0.39 is 35.1 Å². The molecule has 0 spiro atoms. The Labute approximate surface area is 174 Å². The molecule has 4 rings (SSSR count). The number of rotatable bonds is 4. The van der Waals surface area contributed by atoms with Crippen molar-refractivity contribution in [3.05, 3.63) is 87.6 Å². The number of amides is 1. The number of ether oxygens (including phenoxy) is 1. The van der Waals surface area contributed by atoms with Crippen LogP contribution < -0.4 is 9.64 Å². The fourth-order valence-electron chi connectivity index (χ4n) is 3.40. The van der Waals surface area contributed by atoms with Crippen molar-refractivity contribution >= 4 is 34.5 Å². The van der Waals surface area contributed by atoms with Gasteiger partial charge in [-0.05, 0) is 35.7 Å². The van der Waals surface area contributed by atoms with E-state index in [0.29, 0.717) is 16.7 Å². The molecule has 2 aromatic carbocycles. The summed E-state index contributed by atoms with van der Waals surface area (Å²) < 4.78 is 33.1. The summed E-state index contributed by atoms with van der Waals surface area (Å²) in [6.45, 7) is 0. The van der Waals surface area contributed by atoms with E-state index >= 15 is 0 Å². The Morgan fingerprint density at radius 2 is 1.90 bits per heavy atom. The largest absolute Gasteiger partial charge is 0.507 e. The minimum absolute atomic E-state index is 0.181. The number of nitrogens with zero attached hydrogens (tertiary/aromatic N) is 1. The van der Waals surface area contributed by atoms with E-state index in [0.717, 1.165) is 17.0 Å². The van der Waals surface area contributed by atoms with Crippen LogP contribution in [0.3, 0.4) is 0 Å². The zero-order valence-corrected chi connectivity index (χ0v) is 16.5. The first-order valence-electron chi connectivity index (χ1n) is 8.86. The number of Topliss-reactive ketones (excluding diaryl/α,β-unsaturated/α-hetero) is 1. The predicted octanol–water partition coefficient (Wildman–Crippen LogP) is 4.66. The number of anilines is 1. The maximum absolute atomic E-state index is 14.5. The normalized spacial score (nSPS) is 18.1. The molecule has 152 valence electrons. The van der Waals surface area contributed by atoms with Gasteiger partial charge >= 0.3 is 0 Å². The molecule has 0 saturated carbocycles. The molecule has 8 heteroatoms. The fraction of sp³-hybridized carbons (Fsp3) is 0.0909. The molecule has 0 radical (unpaired) electrons. The zero-order chi connectivity index (χ0) is 21.4. The molecule has 1 N–H and O–H groups in total. The number of benzene rings is 2. The van der Waals surface area contributed by atoms with Crippen LogP contribution in [-0.2, 0) is 9.59 Å². The van der Waals surface area contributed by atoms with Crippen LogP contribution in [0.1, 0.15) is 16.5 Å². The van der Waals surface area contributed by atoms with Crippen molar-refractivity contribution in [3.8, 4) is 5.75 Å². The second-order valence-electron chi connectivity index (χ2n) is 6.51. The van der Waals surface area contributed by atoms with Crippen molar-refractivity contribution in [1.82, 2.24) is 0 Å². The van der Waals surface area contributed by atoms with Crippen molar-refractivity contribution in [2.45, 2.75) is 6.04 Å². The quantitative estimate of drug-likeness (QED) is 0.374. The number of carbonyl (C=O) groups excluding carboxylic acids is 2. The van der Waals surface area contributed by atoms with Crippen LogP contribution >= 0.6 is 11.3 Å². The number of ketones is 1. The summed E-state index contributed by atoms with van der Waals surface area (Å²) in [6, 6.07) is 11.5. The lowest BCUT2D eigenvalue weighted by Gasteiger charge is -2.24. The average molecular weight is 427 g/mol. The van der Waals surface area contributed by atoms with Crippen LogP contribution in [0.5, 0.6) is 5.75 Å². The van der Waals surface area contributed by atoms with Crippen LogP contribution in [0.4, 0.5) is 14.5 Å². The summed E-state index contributed by atoms with van der Waals surface area (Å²) in [6.07, 6.45) is 0. The van der Waals surface area contributed by atoms with Gasteiger partial charge in [-0.15, -0.1) is 11.3 Å². The van der Waals surface area contributed by atoms with Crippen molar-refractivity contribution in [1.29, 1.82) is 0 Å². The van der Waals surface area contributed by atoms with Gasteiger partial charge in [0.1, 0.15) is 29.2 Å². The number of thiophene rings is 1. The minimum Gasteiger partial charge on any atom is -0.507 e. The van der Waals surface area contributed by atoms with Gasteiger partial charge in [-0.2, -0.15) is 0 Å². The zero-order valence-electron chi connectivity index (χ0n) is 15.6. The highest BCUT2D eigenvalue weighted by molar-refractivity contribution is 7.10. The second-order valence-corrected chi connectivity index (χ2v) is 7.49. The number of carbonyl (C=O) groups is 2. The van der Waals surface area contributed by atoms with Gasteiger partial charge in [0.05, 0.1) is 18.4 Å². The van der Waals surface area contributed by atoms with Gasteiger partial charge in [-0.1, -0.05) is 18.2 Å². The van der Waals surface area contributed by atoms with Crippen molar-refractivity contribution < 1.29 is 28.2 Å². The summed E-state index contributed by atoms with van der Waals surface area (Å²) in [4.78, 5) is 27.3. The van der Waals surface area contributed by atoms with Gasteiger partial charge in [0.15, 0.2) is 0 Å². The van der Waals surface area contributed by atoms with Crippen LogP contribution in [0.25, 0.3) is 5.76 Å². The van der Waals surface area contributed by atoms with E-state index in [1.54, 1.807) is 35.7 Å². The van der Waals surface area contributed by atoms with Crippen molar-refractivity contribution in [3.63, 3.8) is 0 Å². The first-order chi connectivity index (χ1) is 14.4. The number of methoxy groups -OCH3 is 1. The highest BCUT2D eigenvalue weighted by Crippen LogP contribution is 2.44. The third-order valence-electron chi connectivity index (χ3n) is 4.77. The number of aliphatic hydroxyl groups excluding tert-OH is 1. The molecule has 1 aliphatic heterocycles. The summed E-state index contributed by atoms with van der Waals surface area (Å²) in [7, 11) is 1.46. The van der Waals surface area contributed by atoms with Gasteiger partial charge in [0, 0.05) is 16.5 Å². The summed E-state index contributed by atoms with van der Waals surface area (Å²) in [5.41, 5.74) is -0.158. The lowest BCUT2D eigenvalue weighted by molar-refractivity contribution is -0.132. The minimum atomic E-state index is -1.06. The molecule has 1 aromatic heterocycles. The highest BCUT2D eigenvalue weighted by atomic mass is 32.1. The van der Waals surface area contributed by atoms with E-state index in [4.69, 9.17) is 4.74 Å². The molecule has 1 fully saturated rings. The van der Waals surface area contributed by atoms with E-state index in [2.05, 4.69) is 0 Å². The summed E-state index contributed by atoms with van der Waals surface area (Å²) in [5.74, 6) is -3.72. The lowest BCUT2D eigenvalue weighted by Crippen LogP contribution is -2.30. The molecular formula is C22H15F2NO4S. The molecule has 2 heterocycles. The number of hydrogen-bond acceptors (Lipinski definition) is 5. The maximum atomic E-state index is 14.5. The van der Waals surface area contributed by atoms with Crippen LogP contribution in [-0.4, -0.2) is 23.9 Å². The Kier molecular flexibility index (Phi) is 5.09. The first-order valence-corrected chi connectivity index (χ1v) is 9.74. The Morgan fingerprint density at radius 1 is 1.10 bits per heavy atom. The molecule has 1 saturated heterocycles. The third kappa shape index (κ3) is 3.25. The smallest absolute Gasteiger partial charge is 0.300 e. The van der Waals surface area contributed by atoms with Crippen LogP contribution in [0.2, 0.25) is 0 Å². The SMILES string of the molecule is COc1cccc(/C(O)=C2/C(=O)C(=O)N(c3ccc(F)cc3F)C2c2cccs2)c1. The van der Waals surface area contributed by atoms with Gasteiger partial charge in [-0.3, -0.25) is 14.5 Å². The second kappa shape index (κ2) is 7.72. The number of hydrogen-bond donors (Lipinski definition) is 1. The van der Waals surface area contributed by atoms with Crippen molar-refractivity contribution in [2.24, 2.45) is 0 Å². The van der Waals surface area contributed by atoms with E-state index in [1.807, 2.05) is 0 Å². The van der Waals surface area contributed by atoms with Crippen LogP contribution in [0, 0.1) is 11.6 Å². The lowest BCUT2D eigenvalue weighted by atomic mass is 9.99. The number of halogens is 2. The molecule has 30 heavy (non-hydrogen) atoms. The number of aliphatic hydroxyl groups is 1. The highest BCUT2D eigenvalue weighted by Gasteiger charge is 2.48. The molecule has 3 aromatic rings. The summed E-state index contributed by atoms with van der Waals surface area (Å²) >= 11 is 1.24. The Bertz CT molecular complexity index is 1170. The molecule has 1 atom stereocenters. The third-order valence-corrected chi connectivity index (χ3v) is 5.69. The van der Waals surface area contributed by atoms with Gasteiger partial charge in [0.25, 0.3) is 11.7 Å². The Morgan fingerprint density at radius 3 is 2.57 bits per heavy atom. The Balaban J connectivity index is 1.94. The fourth-order valence-corrected chi connectivity index (χ4v) is 4.22. The van der Waals surface area contributed by atoms with E-state index in [1.165, 1.54) is 24.5 Å². The molecule has 0 bridgehead atoms. The van der Waals surface area contributed by atoms with Gasteiger partial charge in [0.2, 0.25) is 0 Å². The molecule has 1 aliphatic rings. The molecule has 1 unspecified atom stereocenters. The van der Waals surface area contributed by atoms with E-state index in [9.17, 15) is 23.5 Å². The molecular weight excluding hydrogens is 412 g/mol. The molecule has 5 nitrogen and oxygen atoms in total. The standard InChI is InChI=1S/C22H15F2NO4S/c1-29-14-5-2-4-12(10-14)20(26)18-19(17-6-3-9-30-17)25(22(28)21(18)27)16-8-7-13(23)11-15(16)24/h2-11,19,26H,1H3/b20-18-. The monoisotopic (exact) mass is 427 g/mol. The molecule has 0 aliphatic carbocycles. The van der Waals surface area contributed by atoms with Crippen molar-refractivity contribution in [2.75, 3.05) is 12.0 Å². The average Bonchev–Trinajstić information content (AvgIpc) is 3.35. The summed E-state index contributed by atoms with van der Waals surface area (Å²) in [5, 5.41) is 12.7. The van der Waals surface area contributed by atoms with Crippen LogP contribution in [0.15, 0.2) is 65.6 Å². The molecule has 1 amide bonds. The predicted molar refractivity (Wildman–Crippen MR) is 108 cm³/mol. The topological polar surface area (TPSA) is 66.8 Å². The van der Waals surface area contributed by atoms with E-state index in [-0.39, 0.29) is 16.8 Å². The maximum Gasteiger partial charge on any atom is 0.300 e. The first kappa shape index (κ1) is 19.8. The Hall–Kier alpha value is -3.52. The van der Waals surface area contributed by atoms with Gasteiger partial charge in [-0.25, -0.2) is 8.78 Å². The van der Waals surface area contributed by atoms with Gasteiger partial charge < -0.3 is 9.84 Å².